The number of halogens is 3. The Kier molecular flexibility index (Phi) is 7.46. The minimum atomic E-state index is -0.399. The van der Waals surface area contributed by atoms with Gasteiger partial charge in [0.2, 0.25) is 0 Å². The predicted molar refractivity (Wildman–Crippen MR) is 82.2 cm³/mol. The Morgan fingerprint density at radius 1 is 0.909 bits per heavy atom. The van der Waals surface area contributed by atoms with E-state index in [1.165, 1.54) is 7.14 Å². The van der Waals surface area contributed by atoms with Gasteiger partial charge in [0.15, 0.2) is 0 Å². The molecule has 4 nitrogen and oxygen atoms in total. The Morgan fingerprint density at radius 2 is 1.45 bits per heavy atom. The van der Waals surface area contributed by atoms with Gasteiger partial charge in [-0.15, -0.1) is 0 Å². The summed E-state index contributed by atoms with van der Waals surface area (Å²) in [6.07, 6.45) is 0. The van der Waals surface area contributed by atoms with Crippen LogP contribution in [0.5, 0.6) is 0 Å². The summed E-state index contributed by atoms with van der Waals surface area (Å²) >= 11 is 1.88. The first-order valence-corrected chi connectivity index (χ1v) is 13.1. The van der Waals surface area contributed by atoms with Crippen molar-refractivity contribution in [2.45, 2.75) is 19.4 Å². The average molecular weight is 644 g/mol. The third-order valence-electron chi connectivity index (χ3n) is 3.13. The van der Waals surface area contributed by atoms with E-state index in [1.807, 2.05) is 0 Å². The third-order valence-corrected chi connectivity index (χ3v) is 9.50. The second-order valence-corrected chi connectivity index (χ2v) is 12.9. The third kappa shape index (κ3) is 5.66. The van der Waals surface area contributed by atoms with Gasteiger partial charge in [0, 0.05) is 0 Å². The summed E-state index contributed by atoms with van der Waals surface area (Å²) in [5, 5.41) is 0. The summed E-state index contributed by atoms with van der Waals surface area (Å²) in [4.78, 5) is 0. The molecule has 0 aromatic heterocycles. The number of hydrogen-bond acceptors (Lipinski definition) is 4. The summed E-state index contributed by atoms with van der Waals surface area (Å²) in [6, 6.07) is 8.82. The number of alkyl halides is 3. The van der Waals surface area contributed by atoms with Crippen molar-refractivity contribution in [3.05, 3.63) is 31.4 Å². The molecular weight excluding hydrogens is 625 g/mol. The molecule has 1 aromatic rings. The molecule has 0 spiro atoms. The van der Waals surface area contributed by atoms with Crippen molar-refractivity contribution in [3.63, 3.8) is 0 Å². The Hall–Kier alpha value is 1.25. The maximum atomic E-state index is 5.91. The normalized spacial score (nSPS) is 33.2. The maximum absolute atomic E-state index is 5.91. The van der Waals surface area contributed by atoms with Gasteiger partial charge in [-0.05, 0) is 0 Å². The zero-order valence-corrected chi connectivity index (χ0v) is 18.7. The van der Waals surface area contributed by atoms with Crippen LogP contribution in [0.1, 0.15) is 6.92 Å². The van der Waals surface area contributed by atoms with E-state index in [4.69, 9.17) is 18.9 Å². The van der Waals surface area contributed by atoms with Crippen molar-refractivity contribution < 1.29 is 61.4 Å². The topological polar surface area (TPSA) is 36.9 Å². The van der Waals surface area contributed by atoms with E-state index in [2.05, 4.69) is 53.8 Å². The van der Waals surface area contributed by atoms with Crippen LogP contribution >= 0.6 is 22.6 Å². The Balaban J connectivity index is 1.39. The van der Waals surface area contributed by atoms with Crippen LogP contribution in [0.25, 0.3) is 0 Å². The molecule has 0 bridgehead atoms. The van der Waals surface area contributed by atoms with E-state index in [9.17, 15) is 0 Å². The monoisotopic (exact) mass is 644 g/mol. The van der Waals surface area contributed by atoms with Gasteiger partial charge >= 0.3 is 167 Å². The van der Waals surface area contributed by atoms with Crippen molar-refractivity contribution in [1.82, 2.24) is 0 Å². The van der Waals surface area contributed by atoms with Crippen molar-refractivity contribution >= 4 is 22.6 Å². The van der Waals surface area contributed by atoms with Gasteiger partial charge in [0.05, 0.1) is 0 Å². The molecule has 0 aliphatic carbocycles. The van der Waals surface area contributed by atoms with E-state index < -0.39 is 21.2 Å². The molecule has 0 N–H and O–H groups in total. The second-order valence-electron chi connectivity index (χ2n) is 5.26. The standard InChI is InChI=1S/C15H19I3O4/c1-10-6-19-14(20-7-10)18-15-21-8-13(9-22-15)17-12-4-2-11(16)3-5-12/h2-5,10,13-15H,6-9H2,1H3/q-2. The van der Waals surface area contributed by atoms with Gasteiger partial charge in [0.25, 0.3) is 0 Å². The van der Waals surface area contributed by atoms with Crippen LogP contribution in [0.2, 0.25) is 0 Å². The summed E-state index contributed by atoms with van der Waals surface area (Å²) in [7, 11) is 0. The molecule has 2 heterocycles. The van der Waals surface area contributed by atoms with E-state index in [-0.39, 0.29) is 29.8 Å². The van der Waals surface area contributed by atoms with Crippen molar-refractivity contribution in [2.75, 3.05) is 26.4 Å². The number of rotatable bonds is 4. The zero-order chi connectivity index (χ0) is 15.4. The molecule has 0 unspecified atom stereocenters. The summed E-state index contributed by atoms with van der Waals surface area (Å²) < 4.78 is 26.4. The number of benzene rings is 1. The van der Waals surface area contributed by atoms with Gasteiger partial charge < -0.3 is 0 Å². The molecule has 0 atom stereocenters. The second kappa shape index (κ2) is 9.09. The van der Waals surface area contributed by atoms with Crippen LogP contribution in [-0.4, -0.2) is 38.9 Å². The molecule has 7 heteroatoms. The molecule has 1 aromatic carbocycles. The van der Waals surface area contributed by atoms with E-state index >= 15 is 0 Å². The molecule has 2 aliphatic rings. The summed E-state index contributed by atoms with van der Waals surface area (Å²) in [6.45, 7) is 5.34. The SMILES string of the molecule is CC1COC([I-]C2OCC([I-]c3ccc(I)cc3)CO2)OC1. The molecule has 0 saturated carbocycles. The van der Waals surface area contributed by atoms with Crippen LogP contribution in [0.15, 0.2) is 24.3 Å². The molecule has 0 amide bonds. The fraction of sp³-hybridized carbons (Fsp3) is 0.600. The van der Waals surface area contributed by atoms with Crippen molar-refractivity contribution in [1.29, 1.82) is 0 Å². The molecule has 2 aliphatic heterocycles. The van der Waals surface area contributed by atoms with Crippen LogP contribution in [-0.2, 0) is 18.9 Å². The molecule has 126 valence electrons. The Morgan fingerprint density at radius 3 is 2.05 bits per heavy atom. The van der Waals surface area contributed by atoms with Crippen molar-refractivity contribution in [3.8, 4) is 0 Å². The van der Waals surface area contributed by atoms with Gasteiger partial charge in [-0.1, -0.05) is 0 Å². The molecule has 22 heavy (non-hydrogen) atoms. The van der Waals surface area contributed by atoms with Gasteiger partial charge in [-0.2, -0.15) is 0 Å². The summed E-state index contributed by atoms with van der Waals surface area (Å²) in [5.74, 6) is 0.497. The molecule has 0 radical (unpaired) electrons. The predicted octanol–water partition coefficient (Wildman–Crippen LogP) is -3.70. The fourth-order valence-corrected chi connectivity index (χ4v) is 7.07. The molecule has 3 rings (SSSR count). The quantitative estimate of drug-likeness (QED) is 0.250. The van der Waals surface area contributed by atoms with E-state index in [0.29, 0.717) is 9.84 Å². The van der Waals surface area contributed by atoms with Gasteiger partial charge in [0.1, 0.15) is 0 Å². The van der Waals surface area contributed by atoms with Crippen LogP contribution in [0.4, 0.5) is 0 Å². The summed E-state index contributed by atoms with van der Waals surface area (Å²) in [5.41, 5.74) is 0. The average Bonchev–Trinajstić information content (AvgIpc) is 2.54. The molecule has 2 saturated heterocycles. The molecular formula is C15H19I3O4-2. The van der Waals surface area contributed by atoms with E-state index in [1.54, 1.807) is 0 Å². The van der Waals surface area contributed by atoms with Crippen LogP contribution in [0, 0.1) is 13.1 Å². The Bertz CT molecular complexity index is 454. The fourth-order valence-electron chi connectivity index (χ4n) is 2.01. The Labute approximate surface area is 165 Å². The number of hydrogen-bond donors (Lipinski definition) is 0. The van der Waals surface area contributed by atoms with E-state index in [0.717, 1.165) is 26.4 Å². The van der Waals surface area contributed by atoms with Crippen LogP contribution < -0.4 is 42.4 Å². The number of ether oxygens (including phenoxy) is 4. The first-order valence-electron chi connectivity index (χ1n) is 7.16. The van der Waals surface area contributed by atoms with Crippen LogP contribution in [0.3, 0.4) is 0 Å². The first-order chi connectivity index (χ1) is 10.7. The van der Waals surface area contributed by atoms with Gasteiger partial charge in [-0.3, -0.25) is 0 Å². The zero-order valence-electron chi connectivity index (χ0n) is 12.2. The molecule has 2 fully saturated rings. The first kappa shape index (κ1) is 18.1. The minimum absolute atomic E-state index is 0.0570. The van der Waals surface area contributed by atoms with Crippen molar-refractivity contribution in [2.24, 2.45) is 5.92 Å². The van der Waals surface area contributed by atoms with Gasteiger partial charge in [-0.25, -0.2) is 0 Å².